The van der Waals surface area contributed by atoms with Crippen molar-refractivity contribution in [2.24, 2.45) is 0 Å². The molecule has 0 aliphatic heterocycles. The van der Waals surface area contributed by atoms with E-state index in [2.05, 4.69) is 19.1 Å². The number of para-hydroxylation sites is 1. The second-order valence-electron chi connectivity index (χ2n) is 3.61. The van der Waals surface area contributed by atoms with Crippen LogP contribution >= 0.6 is 0 Å². The van der Waals surface area contributed by atoms with Gasteiger partial charge in [-0.25, -0.2) is 0 Å². The third-order valence-electron chi connectivity index (χ3n) is 2.30. The SMILES string of the molecule is Cc1ccccc1.c1ccc2occc2c1. The highest BCUT2D eigenvalue weighted by molar-refractivity contribution is 5.76. The van der Waals surface area contributed by atoms with Gasteiger partial charge >= 0.3 is 0 Å². The van der Waals surface area contributed by atoms with Gasteiger partial charge in [-0.05, 0) is 19.1 Å². The molecule has 0 aliphatic rings. The van der Waals surface area contributed by atoms with Crippen LogP contribution in [0, 0.1) is 6.92 Å². The molecular weight excluding hydrogens is 196 g/mol. The summed E-state index contributed by atoms with van der Waals surface area (Å²) in [6.45, 7) is 2.08. The van der Waals surface area contributed by atoms with Gasteiger partial charge in [0.1, 0.15) is 5.58 Å². The van der Waals surface area contributed by atoms with Crippen LogP contribution in [0.5, 0.6) is 0 Å². The molecular formula is C15H14O. The van der Waals surface area contributed by atoms with Gasteiger partial charge in [-0.15, -0.1) is 0 Å². The van der Waals surface area contributed by atoms with E-state index in [4.69, 9.17) is 4.42 Å². The molecule has 0 amide bonds. The summed E-state index contributed by atoms with van der Waals surface area (Å²) in [6, 6.07) is 20.2. The van der Waals surface area contributed by atoms with Crippen molar-refractivity contribution in [3.05, 3.63) is 72.5 Å². The third kappa shape index (κ3) is 2.74. The molecule has 0 aliphatic carbocycles. The molecule has 0 fully saturated rings. The predicted molar refractivity (Wildman–Crippen MR) is 67.4 cm³/mol. The summed E-state index contributed by atoms with van der Waals surface area (Å²) in [5.41, 5.74) is 2.28. The van der Waals surface area contributed by atoms with Crippen molar-refractivity contribution in [1.29, 1.82) is 0 Å². The molecule has 0 spiro atoms. The van der Waals surface area contributed by atoms with E-state index < -0.39 is 0 Å². The monoisotopic (exact) mass is 210 g/mol. The Balaban J connectivity index is 0.000000125. The summed E-state index contributed by atoms with van der Waals surface area (Å²) in [5.74, 6) is 0. The van der Waals surface area contributed by atoms with Gasteiger partial charge in [0.15, 0.2) is 0 Å². The maximum atomic E-state index is 5.12. The van der Waals surface area contributed by atoms with Crippen molar-refractivity contribution in [1.82, 2.24) is 0 Å². The Hall–Kier alpha value is -2.02. The average Bonchev–Trinajstić information content (AvgIpc) is 2.79. The van der Waals surface area contributed by atoms with Crippen LogP contribution in [-0.2, 0) is 0 Å². The lowest BCUT2D eigenvalue weighted by Crippen LogP contribution is -1.62. The van der Waals surface area contributed by atoms with E-state index in [0.29, 0.717) is 0 Å². The molecule has 16 heavy (non-hydrogen) atoms. The molecule has 0 radical (unpaired) electrons. The average molecular weight is 210 g/mol. The van der Waals surface area contributed by atoms with Crippen molar-refractivity contribution < 1.29 is 4.42 Å². The van der Waals surface area contributed by atoms with Gasteiger partial charge in [0.25, 0.3) is 0 Å². The van der Waals surface area contributed by atoms with Gasteiger partial charge in [0, 0.05) is 5.39 Å². The number of hydrogen-bond acceptors (Lipinski definition) is 1. The van der Waals surface area contributed by atoms with Gasteiger partial charge in [-0.1, -0.05) is 54.1 Å². The summed E-state index contributed by atoms with van der Waals surface area (Å²) in [7, 11) is 0. The Bertz CT molecular complexity index is 507. The minimum Gasteiger partial charge on any atom is -0.464 e. The molecule has 0 bridgehead atoms. The Labute approximate surface area is 95.3 Å². The van der Waals surface area contributed by atoms with Crippen LogP contribution in [0.2, 0.25) is 0 Å². The summed E-state index contributed by atoms with van der Waals surface area (Å²) >= 11 is 0. The molecule has 0 atom stereocenters. The molecule has 80 valence electrons. The first-order valence-corrected chi connectivity index (χ1v) is 5.30. The summed E-state index contributed by atoms with van der Waals surface area (Å²) in [6.07, 6.45) is 1.70. The quantitative estimate of drug-likeness (QED) is 0.535. The zero-order valence-corrected chi connectivity index (χ0v) is 9.26. The summed E-state index contributed by atoms with van der Waals surface area (Å²) < 4.78 is 5.12. The fourth-order valence-corrected chi connectivity index (χ4v) is 1.44. The molecule has 0 saturated carbocycles. The molecule has 0 saturated heterocycles. The molecule has 3 aromatic rings. The Morgan fingerprint density at radius 1 is 0.750 bits per heavy atom. The maximum absolute atomic E-state index is 5.12. The standard InChI is InChI=1S/C8H6O.C7H8/c1-2-4-8-7(3-1)5-6-9-8;1-7-5-3-2-4-6-7/h1-6H;2-6H,1H3. The summed E-state index contributed by atoms with van der Waals surface area (Å²) in [4.78, 5) is 0. The first kappa shape index (κ1) is 10.5. The topological polar surface area (TPSA) is 13.1 Å². The largest absolute Gasteiger partial charge is 0.464 e. The number of benzene rings is 2. The lowest BCUT2D eigenvalue weighted by Gasteiger charge is -1.82. The molecule has 1 aromatic heterocycles. The van der Waals surface area contributed by atoms with Gasteiger partial charge in [-0.2, -0.15) is 0 Å². The maximum Gasteiger partial charge on any atom is 0.133 e. The van der Waals surface area contributed by atoms with Gasteiger partial charge in [-0.3, -0.25) is 0 Å². The highest BCUT2D eigenvalue weighted by Crippen LogP contribution is 2.12. The van der Waals surface area contributed by atoms with Crippen molar-refractivity contribution in [3.8, 4) is 0 Å². The molecule has 2 aromatic carbocycles. The normalized spacial score (nSPS) is 9.56. The van der Waals surface area contributed by atoms with Crippen molar-refractivity contribution in [2.75, 3.05) is 0 Å². The Kier molecular flexibility index (Phi) is 3.39. The summed E-state index contributed by atoms with van der Waals surface area (Å²) in [5, 5.41) is 1.16. The number of rotatable bonds is 0. The zero-order valence-electron chi connectivity index (χ0n) is 9.26. The highest BCUT2D eigenvalue weighted by Gasteiger charge is 1.89. The minimum atomic E-state index is 0.956. The van der Waals surface area contributed by atoms with Crippen molar-refractivity contribution >= 4 is 11.0 Å². The van der Waals surface area contributed by atoms with Crippen LogP contribution in [-0.4, -0.2) is 0 Å². The van der Waals surface area contributed by atoms with Crippen LogP contribution in [0.15, 0.2) is 71.3 Å². The number of aryl methyl sites for hydroxylation is 1. The lowest BCUT2D eigenvalue weighted by molar-refractivity contribution is 0.616. The molecule has 3 rings (SSSR count). The van der Waals surface area contributed by atoms with Crippen LogP contribution < -0.4 is 0 Å². The van der Waals surface area contributed by atoms with Gasteiger partial charge in [0.2, 0.25) is 0 Å². The highest BCUT2D eigenvalue weighted by atomic mass is 16.3. The van der Waals surface area contributed by atoms with Gasteiger partial charge in [0.05, 0.1) is 6.26 Å². The molecule has 0 N–H and O–H groups in total. The minimum absolute atomic E-state index is 0.956. The number of hydrogen-bond donors (Lipinski definition) is 0. The van der Waals surface area contributed by atoms with E-state index in [1.807, 2.05) is 48.5 Å². The van der Waals surface area contributed by atoms with E-state index in [-0.39, 0.29) is 0 Å². The molecule has 1 nitrogen and oxygen atoms in total. The van der Waals surface area contributed by atoms with Gasteiger partial charge < -0.3 is 4.42 Å². The molecule has 1 heterocycles. The Morgan fingerprint density at radius 3 is 2.06 bits per heavy atom. The van der Waals surface area contributed by atoms with E-state index >= 15 is 0 Å². The fraction of sp³-hybridized carbons (Fsp3) is 0.0667. The molecule has 1 heteroatoms. The smallest absolute Gasteiger partial charge is 0.133 e. The first-order valence-electron chi connectivity index (χ1n) is 5.30. The zero-order chi connectivity index (χ0) is 11.2. The fourth-order valence-electron chi connectivity index (χ4n) is 1.44. The van der Waals surface area contributed by atoms with Crippen LogP contribution in [0.3, 0.4) is 0 Å². The predicted octanol–water partition coefficient (Wildman–Crippen LogP) is 4.43. The van der Waals surface area contributed by atoms with Crippen LogP contribution in [0.4, 0.5) is 0 Å². The van der Waals surface area contributed by atoms with E-state index in [0.717, 1.165) is 11.0 Å². The van der Waals surface area contributed by atoms with E-state index in [9.17, 15) is 0 Å². The van der Waals surface area contributed by atoms with Crippen molar-refractivity contribution in [2.45, 2.75) is 6.92 Å². The second kappa shape index (κ2) is 5.17. The lowest BCUT2D eigenvalue weighted by atomic mass is 10.2. The van der Waals surface area contributed by atoms with E-state index in [1.54, 1.807) is 6.26 Å². The van der Waals surface area contributed by atoms with E-state index in [1.165, 1.54) is 5.56 Å². The first-order chi connectivity index (χ1) is 7.86. The second-order valence-corrected chi connectivity index (χ2v) is 3.61. The molecule has 0 unspecified atom stereocenters. The number of furan rings is 1. The van der Waals surface area contributed by atoms with Crippen LogP contribution in [0.25, 0.3) is 11.0 Å². The third-order valence-corrected chi connectivity index (χ3v) is 2.30. The Morgan fingerprint density at radius 2 is 1.44 bits per heavy atom. The number of fused-ring (bicyclic) bond motifs is 1. The van der Waals surface area contributed by atoms with Crippen molar-refractivity contribution in [3.63, 3.8) is 0 Å². The van der Waals surface area contributed by atoms with Crippen LogP contribution in [0.1, 0.15) is 5.56 Å².